The number of nitrogens with two attached hydrogens (primary N) is 1. The molecule has 0 aliphatic heterocycles. The van der Waals surface area contributed by atoms with E-state index in [-0.39, 0.29) is 16.6 Å². The lowest BCUT2D eigenvalue weighted by molar-refractivity contribution is 0.270. The van der Waals surface area contributed by atoms with Crippen LogP contribution in [0.2, 0.25) is 5.02 Å². The summed E-state index contributed by atoms with van der Waals surface area (Å²) in [5.74, 6) is 0.588. The van der Waals surface area contributed by atoms with Gasteiger partial charge in [0.2, 0.25) is 10.0 Å². The normalized spacial score (nSPS) is 24.4. The summed E-state index contributed by atoms with van der Waals surface area (Å²) in [5.41, 5.74) is 5.84. The van der Waals surface area contributed by atoms with Crippen LogP contribution in [0.3, 0.4) is 0 Å². The minimum absolute atomic E-state index is 0.0325. The molecule has 0 amide bonds. The van der Waals surface area contributed by atoms with Gasteiger partial charge in [-0.2, -0.15) is 0 Å². The molecule has 6 heteroatoms. The Bertz CT molecular complexity index is 524. The monoisotopic (exact) mass is 274 g/mol. The molecule has 1 aromatic rings. The van der Waals surface area contributed by atoms with Crippen molar-refractivity contribution in [1.82, 2.24) is 4.72 Å². The highest BCUT2D eigenvalue weighted by Crippen LogP contribution is 2.29. The molecule has 17 heavy (non-hydrogen) atoms. The zero-order valence-corrected chi connectivity index (χ0v) is 11.1. The fraction of sp³-hybridized carbons (Fsp3) is 0.455. The van der Waals surface area contributed by atoms with Crippen molar-refractivity contribution in [2.24, 2.45) is 5.92 Å². The number of nitrogen functional groups attached to an aromatic ring is 1. The Morgan fingerprint density at radius 2 is 2.06 bits per heavy atom. The Hall–Kier alpha value is -0.780. The molecule has 3 N–H and O–H groups in total. The molecule has 0 aromatic heterocycles. The number of anilines is 1. The maximum Gasteiger partial charge on any atom is 0.242 e. The van der Waals surface area contributed by atoms with Gasteiger partial charge in [0.05, 0.1) is 5.69 Å². The molecule has 0 spiro atoms. The van der Waals surface area contributed by atoms with E-state index in [0.717, 1.165) is 12.8 Å². The van der Waals surface area contributed by atoms with E-state index in [0.29, 0.717) is 10.9 Å². The minimum Gasteiger partial charge on any atom is -0.398 e. The fourth-order valence-electron chi connectivity index (χ4n) is 2.05. The summed E-state index contributed by atoms with van der Waals surface area (Å²) in [6, 6.07) is 4.43. The van der Waals surface area contributed by atoms with Gasteiger partial charge in [-0.25, -0.2) is 13.1 Å². The summed E-state index contributed by atoms with van der Waals surface area (Å²) in [5, 5.41) is 0.429. The number of sulfonamides is 1. The van der Waals surface area contributed by atoms with Crippen molar-refractivity contribution >= 4 is 27.3 Å². The van der Waals surface area contributed by atoms with Crippen molar-refractivity contribution in [3.63, 3.8) is 0 Å². The van der Waals surface area contributed by atoms with Gasteiger partial charge in [0, 0.05) is 11.1 Å². The highest BCUT2D eigenvalue weighted by molar-refractivity contribution is 7.89. The van der Waals surface area contributed by atoms with E-state index in [1.165, 1.54) is 18.2 Å². The molecule has 4 nitrogen and oxygen atoms in total. The summed E-state index contributed by atoms with van der Waals surface area (Å²) in [7, 11) is -3.52. The summed E-state index contributed by atoms with van der Waals surface area (Å²) < 4.78 is 26.7. The molecule has 0 atom stereocenters. The van der Waals surface area contributed by atoms with Gasteiger partial charge in [-0.1, -0.05) is 18.5 Å². The molecule has 2 rings (SSSR count). The molecular formula is C11H15ClN2O2S. The average molecular weight is 275 g/mol. The lowest BCUT2D eigenvalue weighted by atomic mass is 9.83. The van der Waals surface area contributed by atoms with Crippen molar-refractivity contribution in [3.8, 4) is 0 Å². The Labute approximate surface area is 106 Å². The molecule has 1 aliphatic rings. The number of benzene rings is 1. The lowest BCUT2D eigenvalue weighted by Gasteiger charge is -2.33. The van der Waals surface area contributed by atoms with Crippen molar-refractivity contribution in [3.05, 3.63) is 23.2 Å². The number of hydrogen-bond donors (Lipinski definition) is 2. The quantitative estimate of drug-likeness (QED) is 0.828. The van der Waals surface area contributed by atoms with Crippen molar-refractivity contribution in [1.29, 1.82) is 0 Å². The van der Waals surface area contributed by atoms with Crippen LogP contribution in [-0.2, 0) is 10.0 Å². The second-order valence-corrected chi connectivity index (χ2v) is 6.70. The Morgan fingerprint density at radius 1 is 1.41 bits per heavy atom. The Morgan fingerprint density at radius 3 is 2.59 bits per heavy atom. The summed E-state index contributed by atoms with van der Waals surface area (Å²) in [6.45, 7) is 2.10. The molecule has 0 saturated heterocycles. The van der Waals surface area contributed by atoms with Crippen LogP contribution in [0.25, 0.3) is 0 Å². The summed E-state index contributed by atoms with van der Waals surface area (Å²) in [4.78, 5) is 0.0986. The van der Waals surface area contributed by atoms with Crippen LogP contribution in [0.4, 0.5) is 5.69 Å². The highest BCUT2D eigenvalue weighted by Gasteiger charge is 2.30. The maximum atomic E-state index is 12.0. The first kappa shape index (κ1) is 12.7. The first-order valence-corrected chi connectivity index (χ1v) is 7.32. The lowest BCUT2D eigenvalue weighted by Crippen LogP contribution is -2.43. The van der Waals surface area contributed by atoms with Gasteiger partial charge in [-0.3, -0.25) is 0 Å². The van der Waals surface area contributed by atoms with Crippen molar-refractivity contribution in [2.75, 3.05) is 5.73 Å². The Kier molecular flexibility index (Phi) is 3.34. The smallest absolute Gasteiger partial charge is 0.242 e. The van der Waals surface area contributed by atoms with Crippen LogP contribution in [0.15, 0.2) is 23.1 Å². The van der Waals surface area contributed by atoms with Crippen LogP contribution in [0.1, 0.15) is 19.8 Å². The van der Waals surface area contributed by atoms with Crippen LogP contribution >= 0.6 is 11.6 Å². The minimum atomic E-state index is -3.52. The molecule has 0 bridgehead atoms. The van der Waals surface area contributed by atoms with E-state index in [4.69, 9.17) is 17.3 Å². The number of nitrogens with one attached hydrogen (secondary N) is 1. The zero-order valence-electron chi connectivity index (χ0n) is 9.48. The van der Waals surface area contributed by atoms with Crippen molar-refractivity contribution in [2.45, 2.75) is 30.7 Å². The molecule has 0 heterocycles. The molecule has 1 saturated carbocycles. The number of hydrogen-bond acceptors (Lipinski definition) is 3. The van der Waals surface area contributed by atoms with E-state index < -0.39 is 10.0 Å². The third-order valence-corrected chi connectivity index (χ3v) is 4.79. The van der Waals surface area contributed by atoms with E-state index >= 15 is 0 Å². The van der Waals surface area contributed by atoms with Gasteiger partial charge in [-0.05, 0) is 37.0 Å². The average Bonchev–Trinajstić information content (AvgIpc) is 2.14. The second-order valence-electron chi connectivity index (χ2n) is 4.58. The SMILES string of the molecule is CC1CC(NS(=O)(=O)c2ccc(Cl)cc2N)C1. The van der Waals surface area contributed by atoms with E-state index in [1.54, 1.807) is 0 Å². The molecule has 1 aromatic carbocycles. The topological polar surface area (TPSA) is 72.2 Å². The molecule has 0 unspecified atom stereocenters. The third kappa shape index (κ3) is 2.73. The van der Waals surface area contributed by atoms with E-state index in [9.17, 15) is 8.42 Å². The molecular weight excluding hydrogens is 260 g/mol. The number of rotatable bonds is 3. The molecule has 1 fully saturated rings. The maximum absolute atomic E-state index is 12.0. The zero-order chi connectivity index (χ0) is 12.6. The first-order valence-electron chi connectivity index (χ1n) is 5.46. The van der Waals surface area contributed by atoms with Gasteiger partial charge in [-0.15, -0.1) is 0 Å². The predicted octanol–water partition coefficient (Wildman–Crippen LogP) is 2.00. The van der Waals surface area contributed by atoms with Gasteiger partial charge in [0.1, 0.15) is 4.90 Å². The van der Waals surface area contributed by atoms with Gasteiger partial charge in [0.15, 0.2) is 0 Å². The highest BCUT2D eigenvalue weighted by atomic mass is 35.5. The van der Waals surface area contributed by atoms with Crippen LogP contribution in [0, 0.1) is 5.92 Å². The van der Waals surface area contributed by atoms with E-state index in [1.807, 2.05) is 0 Å². The van der Waals surface area contributed by atoms with Gasteiger partial charge in [0.25, 0.3) is 0 Å². The van der Waals surface area contributed by atoms with Crippen LogP contribution in [0.5, 0.6) is 0 Å². The predicted molar refractivity (Wildman–Crippen MR) is 68.4 cm³/mol. The Balaban J connectivity index is 2.20. The third-order valence-electron chi connectivity index (χ3n) is 2.96. The van der Waals surface area contributed by atoms with Gasteiger partial charge < -0.3 is 5.73 Å². The summed E-state index contributed by atoms with van der Waals surface area (Å²) in [6.07, 6.45) is 1.76. The first-order chi connectivity index (χ1) is 7.88. The van der Waals surface area contributed by atoms with Crippen molar-refractivity contribution < 1.29 is 8.42 Å². The molecule has 0 radical (unpaired) electrons. The standard InChI is InChI=1S/C11H15ClN2O2S/c1-7-4-9(5-7)14-17(15,16)11-3-2-8(12)6-10(11)13/h2-3,6-7,9,14H,4-5,13H2,1H3. The second kappa shape index (κ2) is 4.48. The van der Waals surface area contributed by atoms with Crippen LogP contribution < -0.4 is 10.5 Å². The fourth-order valence-corrected chi connectivity index (χ4v) is 3.60. The number of halogens is 1. The molecule has 94 valence electrons. The van der Waals surface area contributed by atoms with Crippen LogP contribution in [-0.4, -0.2) is 14.5 Å². The molecule has 1 aliphatic carbocycles. The summed E-state index contributed by atoms with van der Waals surface area (Å²) >= 11 is 5.74. The van der Waals surface area contributed by atoms with Gasteiger partial charge >= 0.3 is 0 Å². The largest absolute Gasteiger partial charge is 0.398 e. The van der Waals surface area contributed by atoms with E-state index in [2.05, 4.69) is 11.6 Å².